The maximum absolute atomic E-state index is 13.0. The van der Waals surface area contributed by atoms with Crippen LogP contribution in [0.25, 0.3) is 0 Å². The molecule has 0 saturated heterocycles. The van der Waals surface area contributed by atoms with E-state index in [1.807, 2.05) is 6.07 Å². The van der Waals surface area contributed by atoms with Crippen LogP contribution in [-0.2, 0) is 0 Å². The molecular weight excluding hydrogens is 271 g/mol. The molecule has 0 fully saturated rings. The molecule has 0 amide bonds. The highest BCUT2D eigenvalue weighted by Crippen LogP contribution is 2.20. The predicted octanol–water partition coefficient (Wildman–Crippen LogP) is 3.79. The number of carbonyl (C=O) groups is 1. The molecule has 0 bridgehead atoms. The lowest BCUT2D eigenvalue weighted by molar-refractivity contribution is 0.101. The zero-order valence-corrected chi connectivity index (χ0v) is 12.1. The highest BCUT2D eigenvalue weighted by Gasteiger charge is 2.07. The number of rotatable bonds is 6. The van der Waals surface area contributed by atoms with Gasteiger partial charge in [0.2, 0.25) is 0 Å². The molecule has 0 N–H and O–H groups in total. The summed E-state index contributed by atoms with van der Waals surface area (Å²) in [6, 6.07) is 11.4. The summed E-state index contributed by atoms with van der Waals surface area (Å²) in [5, 5.41) is 0. The van der Waals surface area contributed by atoms with Gasteiger partial charge in [0, 0.05) is 0 Å². The van der Waals surface area contributed by atoms with Gasteiger partial charge in [-0.3, -0.25) is 4.79 Å². The maximum Gasteiger partial charge on any atom is 0.163 e. The van der Waals surface area contributed by atoms with Gasteiger partial charge in [-0.15, -0.1) is 0 Å². The van der Waals surface area contributed by atoms with Crippen LogP contribution in [0.2, 0.25) is 0 Å². The minimum Gasteiger partial charge on any atom is -0.490 e. The average molecular weight is 288 g/mol. The Morgan fingerprint density at radius 1 is 1.05 bits per heavy atom. The molecular formula is C17H17FO3. The van der Waals surface area contributed by atoms with Crippen molar-refractivity contribution in [3.05, 3.63) is 59.4 Å². The van der Waals surface area contributed by atoms with Crippen molar-refractivity contribution in [2.45, 2.75) is 13.8 Å². The highest BCUT2D eigenvalue weighted by atomic mass is 19.1. The van der Waals surface area contributed by atoms with Crippen molar-refractivity contribution in [2.75, 3.05) is 13.2 Å². The van der Waals surface area contributed by atoms with Gasteiger partial charge >= 0.3 is 0 Å². The minimum atomic E-state index is -0.286. The van der Waals surface area contributed by atoms with Crippen molar-refractivity contribution >= 4 is 5.78 Å². The fourth-order valence-corrected chi connectivity index (χ4v) is 1.96. The first-order chi connectivity index (χ1) is 10.1. The number of ketones is 1. The lowest BCUT2D eigenvalue weighted by Crippen LogP contribution is -2.11. The molecule has 0 heterocycles. The number of ether oxygens (including phenoxy) is 2. The molecule has 0 spiro atoms. The summed E-state index contributed by atoms with van der Waals surface area (Å²) in [5.74, 6) is 0.844. The van der Waals surface area contributed by atoms with E-state index in [-0.39, 0.29) is 11.6 Å². The van der Waals surface area contributed by atoms with Crippen LogP contribution in [0.4, 0.5) is 4.39 Å². The van der Waals surface area contributed by atoms with Gasteiger partial charge in [0.1, 0.15) is 30.5 Å². The third-order valence-corrected chi connectivity index (χ3v) is 3.00. The van der Waals surface area contributed by atoms with Gasteiger partial charge in [0.15, 0.2) is 5.78 Å². The molecule has 0 aliphatic carbocycles. The fourth-order valence-electron chi connectivity index (χ4n) is 1.96. The van der Waals surface area contributed by atoms with E-state index in [1.54, 1.807) is 31.2 Å². The second kappa shape index (κ2) is 6.88. The number of benzene rings is 2. The highest BCUT2D eigenvalue weighted by molar-refractivity contribution is 5.96. The van der Waals surface area contributed by atoms with Crippen LogP contribution < -0.4 is 9.47 Å². The monoisotopic (exact) mass is 288 g/mol. The zero-order chi connectivity index (χ0) is 15.2. The molecule has 0 radical (unpaired) electrons. The lowest BCUT2D eigenvalue weighted by atomic mass is 10.1. The second-order valence-corrected chi connectivity index (χ2v) is 4.66. The Morgan fingerprint density at radius 3 is 2.38 bits per heavy atom. The summed E-state index contributed by atoms with van der Waals surface area (Å²) < 4.78 is 24.1. The van der Waals surface area contributed by atoms with E-state index in [2.05, 4.69) is 0 Å². The van der Waals surface area contributed by atoms with Gasteiger partial charge in [-0.1, -0.05) is 12.1 Å². The molecule has 0 aliphatic heterocycles. The van der Waals surface area contributed by atoms with E-state index in [0.717, 1.165) is 5.56 Å². The van der Waals surface area contributed by atoms with Gasteiger partial charge in [0.05, 0.1) is 5.56 Å². The summed E-state index contributed by atoms with van der Waals surface area (Å²) in [7, 11) is 0. The first kappa shape index (κ1) is 15.0. The zero-order valence-electron chi connectivity index (χ0n) is 12.1. The first-order valence-electron chi connectivity index (χ1n) is 6.69. The molecule has 0 aliphatic rings. The van der Waals surface area contributed by atoms with Crippen molar-refractivity contribution < 1.29 is 18.7 Å². The van der Waals surface area contributed by atoms with Gasteiger partial charge in [-0.25, -0.2) is 4.39 Å². The third kappa shape index (κ3) is 4.05. The fraction of sp³-hybridized carbons (Fsp3) is 0.235. The van der Waals surface area contributed by atoms with Crippen LogP contribution in [-0.4, -0.2) is 19.0 Å². The number of para-hydroxylation sites is 1. The summed E-state index contributed by atoms with van der Waals surface area (Å²) in [5.41, 5.74) is 1.29. The smallest absolute Gasteiger partial charge is 0.163 e. The predicted molar refractivity (Wildman–Crippen MR) is 78.6 cm³/mol. The van der Waals surface area contributed by atoms with E-state index in [1.165, 1.54) is 19.1 Å². The molecule has 21 heavy (non-hydrogen) atoms. The Labute approximate surface area is 123 Å². The van der Waals surface area contributed by atoms with Crippen LogP contribution in [0.3, 0.4) is 0 Å². The molecule has 110 valence electrons. The summed E-state index contributed by atoms with van der Waals surface area (Å²) in [6.07, 6.45) is 0. The molecule has 0 atom stereocenters. The Morgan fingerprint density at radius 2 is 1.71 bits per heavy atom. The van der Waals surface area contributed by atoms with E-state index in [4.69, 9.17) is 9.47 Å². The molecule has 0 unspecified atom stereocenters. The summed E-state index contributed by atoms with van der Waals surface area (Å²) in [6.45, 7) is 3.91. The molecule has 3 nitrogen and oxygen atoms in total. The number of hydrogen-bond acceptors (Lipinski definition) is 3. The first-order valence-corrected chi connectivity index (χ1v) is 6.69. The van der Waals surface area contributed by atoms with Crippen molar-refractivity contribution in [1.29, 1.82) is 0 Å². The molecule has 2 aromatic rings. The largest absolute Gasteiger partial charge is 0.490 e. The van der Waals surface area contributed by atoms with Gasteiger partial charge in [-0.2, -0.15) is 0 Å². The Kier molecular flexibility index (Phi) is 4.93. The number of hydrogen-bond donors (Lipinski definition) is 0. The average Bonchev–Trinajstić information content (AvgIpc) is 2.45. The normalized spacial score (nSPS) is 10.2. The van der Waals surface area contributed by atoms with E-state index >= 15 is 0 Å². The van der Waals surface area contributed by atoms with Gasteiger partial charge in [-0.05, 0) is 49.7 Å². The maximum atomic E-state index is 13.0. The molecule has 2 aromatic carbocycles. The van der Waals surface area contributed by atoms with Crippen LogP contribution >= 0.6 is 0 Å². The van der Waals surface area contributed by atoms with Crippen LogP contribution in [0, 0.1) is 12.7 Å². The quantitative estimate of drug-likeness (QED) is 0.599. The van der Waals surface area contributed by atoms with Gasteiger partial charge < -0.3 is 9.47 Å². The Bertz CT molecular complexity index is 638. The van der Waals surface area contributed by atoms with Crippen LogP contribution in [0.1, 0.15) is 22.8 Å². The van der Waals surface area contributed by atoms with E-state index in [0.29, 0.717) is 30.3 Å². The van der Waals surface area contributed by atoms with Crippen LogP contribution in [0.15, 0.2) is 42.5 Å². The van der Waals surface area contributed by atoms with Crippen molar-refractivity contribution in [1.82, 2.24) is 0 Å². The molecule has 0 aromatic heterocycles. The van der Waals surface area contributed by atoms with E-state index < -0.39 is 0 Å². The van der Waals surface area contributed by atoms with Crippen molar-refractivity contribution in [2.24, 2.45) is 0 Å². The minimum absolute atomic E-state index is 0.0408. The number of carbonyl (C=O) groups excluding carboxylic acids is 1. The van der Waals surface area contributed by atoms with Crippen molar-refractivity contribution in [3.8, 4) is 11.5 Å². The number of halogens is 1. The Balaban J connectivity index is 1.89. The molecule has 0 saturated carbocycles. The van der Waals surface area contributed by atoms with Gasteiger partial charge in [0.25, 0.3) is 0 Å². The lowest BCUT2D eigenvalue weighted by Gasteiger charge is -2.12. The molecule has 4 heteroatoms. The summed E-state index contributed by atoms with van der Waals surface area (Å²) in [4.78, 5) is 11.5. The van der Waals surface area contributed by atoms with E-state index in [9.17, 15) is 9.18 Å². The van der Waals surface area contributed by atoms with Crippen molar-refractivity contribution in [3.63, 3.8) is 0 Å². The molecule has 2 rings (SSSR count). The number of aryl methyl sites for hydroxylation is 1. The SMILES string of the molecule is CC(=O)c1ccccc1OCCOc1ccc(F)cc1C. The summed E-state index contributed by atoms with van der Waals surface area (Å²) >= 11 is 0. The van der Waals surface area contributed by atoms with Crippen LogP contribution in [0.5, 0.6) is 11.5 Å². The third-order valence-electron chi connectivity index (χ3n) is 3.00. The standard InChI is InChI=1S/C17H17FO3/c1-12-11-14(18)7-8-16(12)20-9-10-21-17-6-4-3-5-15(17)13(2)19/h3-8,11H,9-10H2,1-2H3. The topological polar surface area (TPSA) is 35.5 Å². The number of Topliss-reactive ketones (excluding diaryl/α,β-unsaturated/α-hetero) is 1. The Hall–Kier alpha value is -2.36. The second-order valence-electron chi connectivity index (χ2n) is 4.66.